The van der Waals surface area contributed by atoms with Crippen LogP contribution in [0.5, 0.6) is 11.5 Å². The van der Waals surface area contributed by atoms with E-state index in [4.69, 9.17) is 21.1 Å². The molecule has 0 spiro atoms. The molecule has 1 rings (SSSR count). The molecule has 0 bridgehead atoms. The van der Waals surface area contributed by atoms with E-state index in [1.54, 1.807) is 6.07 Å². The Morgan fingerprint density at radius 2 is 1.76 bits per heavy atom. The van der Waals surface area contributed by atoms with Crippen LogP contribution in [0.15, 0.2) is 12.1 Å². The second-order valence-electron chi connectivity index (χ2n) is 3.89. The average Bonchev–Trinajstić information content (AvgIpc) is 2.33. The van der Waals surface area contributed by atoms with E-state index < -0.39 is 0 Å². The molecule has 2 nitrogen and oxygen atoms in total. The number of halogens is 1. The number of unbranched alkanes of at least 4 members (excludes halogenated alkanes) is 2. The SMILES string of the molecule is CCCCOc1cc[c]c(Cl)c1OCCCC. The molecule has 0 aliphatic rings. The number of rotatable bonds is 8. The van der Waals surface area contributed by atoms with Crippen molar-refractivity contribution in [1.29, 1.82) is 0 Å². The molecule has 1 aromatic rings. The van der Waals surface area contributed by atoms with Crippen molar-refractivity contribution in [3.05, 3.63) is 23.2 Å². The van der Waals surface area contributed by atoms with Gasteiger partial charge in [-0.15, -0.1) is 0 Å². The van der Waals surface area contributed by atoms with Gasteiger partial charge in [0.2, 0.25) is 0 Å². The van der Waals surface area contributed by atoms with E-state index in [1.807, 2.05) is 6.07 Å². The minimum atomic E-state index is 0.495. The van der Waals surface area contributed by atoms with Gasteiger partial charge in [-0.1, -0.05) is 38.3 Å². The Kier molecular flexibility index (Phi) is 6.87. The molecular formula is C14H20ClO2. The van der Waals surface area contributed by atoms with Crippen molar-refractivity contribution >= 4 is 11.6 Å². The standard InChI is InChI=1S/C14H20ClO2/c1-3-5-10-16-13-9-7-8-12(15)14(13)17-11-6-4-2/h7,9H,3-6,10-11H2,1-2H3. The molecule has 0 aliphatic carbocycles. The molecule has 0 aliphatic heterocycles. The second-order valence-corrected chi connectivity index (χ2v) is 4.27. The van der Waals surface area contributed by atoms with Crippen molar-refractivity contribution in [2.45, 2.75) is 39.5 Å². The van der Waals surface area contributed by atoms with Crippen LogP contribution in [0, 0.1) is 6.07 Å². The maximum absolute atomic E-state index is 6.06. The fraction of sp³-hybridized carbons (Fsp3) is 0.571. The molecule has 1 aromatic carbocycles. The topological polar surface area (TPSA) is 18.5 Å². The maximum Gasteiger partial charge on any atom is 0.180 e. The van der Waals surface area contributed by atoms with Crippen molar-refractivity contribution in [1.82, 2.24) is 0 Å². The van der Waals surface area contributed by atoms with Gasteiger partial charge in [-0.05, 0) is 25.0 Å². The van der Waals surface area contributed by atoms with E-state index >= 15 is 0 Å². The lowest BCUT2D eigenvalue weighted by Gasteiger charge is -2.13. The van der Waals surface area contributed by atoms with Gasteiger partial charge in [0.1, 0.15) is 0 Å². The van der Waals surface area contributed by atoms with E-state index in [0.717, 1.165) is 31.4 Å². The van der Waals surface area contributed by atoms with Crippen LogP contribution in [0.3, 0.4) is 0 Å². The zero-order valence-electron chi connectivity index (χ0n) is 10.6. The summed E-state index contributed by atoms with van der Waals surface area (Å²) in [6, 6.07) is 6.53. The Morgan fingerprint density at radius 3 is 2.41 bits per heavy atom. The van der Waals surface area contributed by atoms with Gasteiger partial charge in [-0.25, -0.2) is 0 Å². The predicted octanol–water partition coefficient (Wildman–Crippen LogP) is 4.50. The highest BCUT2D eigenvalue weighted by atomic mass is 35.5. The van der Waals surface area contributed by atoms with Crippen molar-refractivity contribution in [3.63, 3.8) is 0 Å². The molecule has 3 heteroatoms. The first kappa shape index (κ1) is 14.2. The fourth-order valence-electron chi connectivity index (χ4n) is 1.33. The molecular weight excluding hydrogens is 236 g/mol. The Bertz CT molecular complexity index is 326. The number of benzene rings is 1. The van der Waals surface area contributed by atoms with Crippen LogP contribution >= 0.6 is 11.6 Å². The van der Waals surface area contributed by atoms with E-state index in [1.165, 1.54) is 0 Å². The molecule has 1 radical (unpaired) electrons. The first-order valence-corrected chi connectivity index (χ1v) is 6.63. The molecule has 95 valence electrons. The lowest BCUT2D eigenvalue weighted by Crippen LogP contribution is -2.02. The number of hydrogen-bond acceptors (Lipinski definition) is 2. The summed E-state index contributed by atoms with van der Waals surface area (Å²) in [6.45, 7) is 5.62. The molecule has 0 unspecified atom stereocenters. The summed E-state index contributed by atoms with van der Waals surface area (Å²) in [7, 11) is 0. The molecule has 0 saturated carbocycles. The van der Waals surface area contributed by atoms with Gasteiger partial charge in [-0.3, -0.25) is 0 Å². The van der Waals surface area contributed by atoms with Gasteiger partial charge in [0.15, 0.2) is 11.5 Å². The largest absolute Gasteiger partial charge is 0.490 e. The number of ether oxygens (including phenoxy) is 2. The van der Waals surface area contributed by atoms with E-state index in [2.05, 4.69) is 19.9 Å². The Balaban J connectivity index is 2.63. The maximum atomic E-state index is 6.06. The first-order chi connectivity index (χ1) is 8.29. The van der Waals surface area contributed by atoms with Gasteiger partial charge in [0.25, 0.3) is 0 Å². The highest BCUT2D eigenvalue weighted by Gasteiger charge is 2.09. The molecule has 0 N–H and O–H groups in total. The zero-order valence-corrected chi connectivity index (χ0v) is 11.3. The molecule has 0 fully saturated rings. The van der Waals surface area contributed by atoms with Gasteiger partial charge >= 0.3 is 0 Å². The van der Waals surface area contributed by atoms with Gasteiger partial charge in [-0.2, -0.15) is 0 Å². The Morgan fingerprint density at radius 1 is 1.12 bits per heavy atom. The highest BCUT2D eigenvalue weighted by Crippen LogP contribution is 2.34. The van der Waals surface area contributed by atoms with Gasteiger partial charge < -0.3 is 9.47 Å². The first-order valence-electron chi connectivity index (χ1n) is 6.25. The third-order valence-corrected chi connectivity index (χ3v) is 2.65. The van der Waals surface area contributed by atoms with Crippen LogP contribution in [-0.2, 0) is 0 Å². The predicted molar refractivity (Wildman–Crippen MR) is 71.1 cm³/mol. The summed E-state index contributed by atoms with van der Waals surface area (Å²) in [5.74, 6) is 1.34. The third-order valence-electron chi connectivity index (χ3n) is 2.37. The summed E-state index contributed by atoms with van der Waals surface area (Å²) in [6.07, 6.45) is 4.25. The Labute approximate surface area is 109 Å². The van der Waals surface area contributed by atoms with Crippen LogP contribution in [0.25, 0.3) is 0 Å². The van der Waals surface area contributed by atoms with Crippen molar-refractivity contribution in [3.8, 4) is 11.5 Å². The van der Waals surface area contributed by atoms with Crippen molar-refractivity contribution in [2.75, 3.05) is 13.2 Å². The minimum absolute atomic E-state index is 0.495. The van der Waals surface area contributed by atoms with Crippen molar-refractivity contribution in [2.24, 2.45) is 0 Å². The lowest BCUT2D eigenvalue weighted by molar-refractivity contribution is 0.262. The molecule has 0 aromatic heterocycles. The average molecular weight is 256 g/mol. The quantitative estimate of drug-likeness (QED) is 0.637. The van der Waals surface area contributed by atoms with Crippen LogP contribution in [0.1, 0.15) is 39.5 Å². The molecule has 0 atom stereocenters. The lowest BCUT2D eigenvalue weighted by atomic mass is 10.3. The van der Waals surface area contributed by atoms with E-state index in [-0.39, 0.29) is 0 Å². The number of hydrogen-bond donors (Lipinski definition) is 0. The Hall–Kier alpha value is -0.890. The highest BCUT2D eigenvalue weighted by molar-refractivity contribution is 6.32. The fourth-order valence-corrected chi connectivity index (χ4v) is 1.54. The molecule has 17 heavy (non-hydrogen) atoms. The van der Waals surface area contributed by atoms with E-state index in [0.29, 0.717) is 24.0 Å². The molecule has 0 saturated heterocycles. The zero-order chi connectivity index (χ0) is 12.5. The van der Waals surface area contributed by atoms with Crippen LogP contribution in [0.2, 0.25) is 5.02 Å². The summed E-state index contributed by atoms with van der Waals surface area (Å²) in [4.78, 5) is 0. The summed E-state index contributed by atoms with van der Waals surface area (Å²) in [5, 5.41) is 0.495. The van der Waals surface area contributed by atoms with Crippen LogP contribution in [-0.4, -0.2) is 13.2 Å². The van der Waals surface area contributed by atoms with Crippen LogP contribution in [0.4, 0.5) is 0 Å². The van der Waals surface area contributed by atoms with Crippen LogP contribution < -0.4 is 9.47 Å². The van der Waals surface area contributed by atoms with Gasteiger partial charge in [0.05, 0.1) is 18.2 Å². The smallest absolute Gasteiger partial charge is 0.180 e. The summed E-state index contributed by atoms with van der Waals surface area (Å²) < 4.78 is 11.3. The van der Waals surface area contributed by atoms with Crippen molar-refractivity contribution < 1.29 is 9.47 Å². The molecule has 0 heterocycles. The summed E-state index contributed by atoms with van der Waals surface area (Å²) >= 11 is 6.06. The van der Waals surface area contributed by atoms with E-state index in [9.17, 15) is 0 Å². The second kappa shape index (κ2) is 8.24. The molecule has 0 amide bonds. The van der Waals surface area contributed by atoms with Gasteiger partial charge in [0, 0.05) is 6.07 Å². The summed E-state index contributed by atoms with van der Waals surface area (Å²) in [5.41, 5.74) is 0. The minimum Gasteiger partial charge on any atom is -0.490 e. The normalized spacial score (nSPS) is 10.3. The third kappa shape index (κ3) is 4.86. The monoisotopic (exact) mass is 255 g/mol.